The Hall–Kier alpha value is -1.55. The van der Waals surface area contributed by atoms with Crippen molar-refractivity contribution in [1.29, 1.82) is 0 Å². The number of benzene rings is 1. The van der Waals surface area contributed by atoms with E-state index in [1.807, 2.05) is 18.2 Å². The smallest absolute Gasteiger partial charge is 0.220 e. The summed E-state index contributed by atoms with van der Waals surface area (Å²) < 4.78 is 5.60. The van der Waals surface area contributed by atoms with Gasteiger partial charge in [-0.2, -0.15) is 0 Å². The second kappa shape index (κ2) is 4.37. The molecule has 1 saturated heterocycles. The van der Waals surface area contributed by atoms with Crippen molar-refractivity contribution in [1.82, 2.24) is 10.6 Å². The third-order valence-electron chi connectivity index (χ3n) is 3.40. The van der Waals surface area contributed by atoms with E-state index in [4.69, 9.17) is 4.74 Å². The third kappa shape index (κ3) is 2.13. The van der Waals surface area contributed by atoms with E-state index in [1.54, 1.807) is 0 Å². The summed E-state index contributed by atoms with van der Waals surface area (Å²) in [7, 11) is 0. The minimum absolute atomic E-state index is 0.167. The Morgan fingerprint density at radius 2 is 2.29 bits per heavy atom. The molecule has 1 aromatic rings. The van der Waals surface area contributed by atoms with Crippen molar-refractivity contribution in [2.24, 2.45) is 0 Å². The predicted molar refractivity (Wildman–Crippen MR) is 63.8 cm³/mol. The Balaban J connectivity index is 1.59. The van der Waals surface area contributed by atoms with Crippen LogP contribution in [0.2, 0.25) is 0 Å². The van der Waals surface area contributed by atoms with Crippen LogP contribution in [0.3, 0.4) is 0 Å². The number of ether oxygens (including phenoxy) is 1. The Morgan fingerprint density at radius 1 is 1.41 bits per heavy atom. The lowest BCUT2D eigenvalue weighted by Crippen LogP contribution is -2.37. The van der Waals surface area contributed by atoms with Crippen molar-refractivity contribution in [3.63, 3.8) is 0 Å². The molecular formula is C13H16N2O2. The molecule has 17 heavy (non-hydrogen) atoms. The summed E-state index contributed by atoms with van der Waals surface area (Å²) in [6, 6.07) is 8.62. The van der Waals surface area contributed by atoms with Gasteiger partial charge >= 0.3 is 0 Å². The number of para-hydroxylation sites is 1. The lowest BCUT2D eigenvalue weighted by molar-refractivity contribution is -0.119. The van der Waals surface area contributed by atoms with Gasteiger partial charge in [-0.3, -0.25) is 4.79 Å². The molecule has 0 aromatic heterocycles. The summed E-state index contributed by atoms with van der Waals surface area (Å²) in [4.78, 5) is 11.1. The van der Waals surface area contributed by atoms with E-state index in [9.17, 15) is 4.79 Å². The number of rotatable bonds is 3. The fourth-order valence-corrected chi connectivity index (χ4v) is 2.45. The average molecular weight is 232 g/mol. The molecule has 4 nitrogen and oxygen atoms in total. The monoisotopic (exact) mass is 232 g/mol. The van der Waals surface area contributed by atoms with Gasteiger partial charge in [0.05, 0.1) is 6.04 Å². The van der Waals surface area contributed by atoms with Gasteiger partial charge in [0, 0.05) is 24.6 Å². The van der Waals surface area contributed by atoms with Crippen LogP contribution in [0.5, 0.6) is 5.75 Å². The first-order valence-electron chi connectivity index (χ1n) is 6.07. The summed E-state index contributed by atoms with van der Waals surface area (Å²) in [5.41, 5.74) is 1.22. The fraction of sp³-hybridized carbons (Fsp3) is 0.462. The molecule has 2 heterocycles. The van der Waals surface area contributed by atoms with Gasteiger partial charge < -0.3 is 15.4 Å². The first-order valence-corrected chi connectivity index (χ1v) is 6.07. The van der Waals surface area contributed by atoms with Crippen molar-refractivity contribution in [2.45, 2.75) is 24.9 Å². The molecule has 2 aliphatic heterocycles. The van der Waals surface area contributed by atoms with Crippen molar-refractivity contribution < 1.29 is 9.53 Å². The maximum atomic E-state index is 11.1. The molecule has 0 bridgehead atoms. The van der Waals surface area contributed by atoms with Crippen LogP contribution in [-0.2, 0) is 4.79 Å². The van der Waals surface area contributed by atoms with Gasteiger partial charge in [0.2, 0.25) is 5.91 Å². The second-order valence-corrected chi connectivity index (χ2v) is 4.61. The topological polar surface area (TPSA) is 50.4 Å². The molecule has 2 atom stereocenters. The van der Waals surface area contributed by atoms with E-state index in [-0.39, 0.29) is 18.0 Å². The van der Waals surface area contributed by atoms with E-state index < -0.39 is 0 Å². The van der Waals surface area contributed by atoms with Crippen molar-refractivity contribution in [3.05, 3.63) is 29.8 Å². The van der Waals surface area contributed by atoms with Crippen LogP contribution >= 0.6 is 0 Å². The summed E-state index contributed by atoms with van der Waals surface area (Å²) in [6.45, 7) is 1.49. The zero-order valence-electron chi connectivity index (χ0n) is 9.61. The van der Waals surface area contributed by atoms with Gasteiger partial charge in [0.1, 0.15) is 12.4 Å². The van der Waals surface area contributed by atoms with E-state index >= 15 is 0 Å². The number of hydrogen-bond donors (Lipinski definition) is 2. The van der Waals surface area contributed by atoms with Crippen LogP contribution in [0.25, 0.3) is 0 Å². The first-order chi connectivity index (χ1) is 8.33. The molecule has 2 N–H and O–H groups in total. The highest BCUT2D eigenvalue weighted by atomic mass is 16.5. The number of carbonyl (C=O) groups is 1. The first kappa shape index (κ1) is 10.6. The minimum atomic E-state index is 0.167. The van der Waals surface area contributed by atoms with Crippen molar-refractivity contribution >= 4 is 5.91 Å². The number of carbonyl (C=O) groups excluding carboxylic acids is 1. The molecule has 1 amide bonds. The zero-order valence-corrected chi connectivity index (χ0v) is 9.61. The Morgan fingerprint density at radius 3 is 3.12 bits per heavy atom. The average Bonchev–Trinajstić information content (AvgIpc) is 2.93. The molecule has 0 saturated carbocycles. The largest absolute Gasteiger partial charge is 0.491 e. The van der Waals surface area contributed by atoms with Gasteiger partial charge in [-0.1, -0.05) is 18.2 Å². The van der Waals surface area contributed by atoms with Crippen LogP contribution in [0.1, 0.15) is 24.4 Å². The molecule has 1 fully saturated rings. The van der Waals surface area contributed by atoms with Crippen LogP contribution in [0.15, 0.2) is 24.3 Å². The Labute approximate surface area is 100 Å². The molecule has 1 aromatic carbocycles. The van der Waals surface area contributed by atoms with Gasteiger partial charge in [-0.25, -0.2) is 0 Å². The highest BCUT2D eigenvalue weighted by Crippen LogP contribution is 2.31. The van der Waals surface area contributed by atoms with Crippen LogP contribution in [0.4, 0.5) is 0 Å². The van der Waals surface area contributed by atoms with Gasteiger partial charge in [0.15, 0.2) is 0 Å². The second-order valence-electron chi connectivity index (χ2n) is 4.61. The molecule has 2 aliphatic rings. The summed E-state index contributed by atoms with van der Waals surface area (Å²) >= 11 is 0. The lowest BCUT2D eigenvalue weighted by Gasteiger charge is -2.15. The molecule has 90 valence electrons. The highest BCUT2D eigenvalue weighted by Gasteiger charge is 2.26. The predicted octanol–water partition coefficient (Wildman–Crippen LogP) is 0.988. The molecule has 2 unspecified atom stereocenters. The Bertz CT molecular complexity index is 433. The SMILES string of the molecule is O=C1CCC(CNC2COc3ccccc32)N1. The van der Waals surface area contributed by atoms with Gasteiger partial charge in [-0.15, -0.1) is 0 Å². The molecule has 0 radical (unpaired) electrons. The standard InChI is InChI=1S/C13H16N2O2/c16-13-6-5-9(15-13)7-14-11-8-17-12-4-2-1-3-10(11)12/h1-4,9,11,14H,5-8H2,(H,15,16). The normalized spacial score (nSPS) is 26.5. The Kier molecular flexibility index (Phi) is 2.73. The summed E-state index contributed by atoms with van der Waals surface area (Å²) in [6.07, 6.45) is 1.59. The number of nitrogens with one attached hydrogen (secondary N) is 2. The summed E-state index contributed by atoms with van der Waals surface area (Å²) in [5.74, 6) is 1.14. The summed E-state index contributed by atoms with van der Waals surface area (Å²) in [5, 5.41) is 6.42. The maximum Gasteiger partial charge on any atom is 0.220 e. The quantitative estimate of drug-likeness (QED) is 0.817. The van der Waals surface area contributed by atoms with E-state index in [0.29, 0.717) is 13.0 Å². The minimum Gasteiger partial charge on any atom is -0.491 e. The van der Waals surface area contributed by atoms with Gasteiger partial charge in [-0.05, 0) is 12.5 Å². The van der Waals surface area contributed by atoms with Crippen LogP contribution < -0.4 is 15.4 Å². The molecular weight excluding hydrogens is 216 g/mol. The van der Waals surface area contributed by atoms with E-state index in [2.05, 4.69) is 16.7 Å². The zero-order chi connectivity index (χ0) is 11.7. The van der Waals surface area contributed by atoms with Crippen molar-refractivity contribution in [3.8, 4) is 5.75 Å². The molecule has 0 spiro atoms. The number of hydrogen-bond acceptors (Lipinski definition) is 3. The van der Waals surface area contributed by atoms with Crippen LogP contribution in [-0.4, -0.2) is 25.1 Å². The molecule has 3 rings (SSSR count). The highest BCUT2D eigenvalue weighted by molar-refractivity contribution is 5.78. The maximum absolute atomic E-state index is 11.1. The van der Waals surface area contributed by atoms with E-state index in [1.165, 1.54) is 5.56 Å². The van der Waals surface area contributed by atoms with Gasteiger partial charge in [0.25, 0.3) is 0 Å². The fourth-order valence-electron chi connectivity index (χ4n) is 2.45. The van der Waals surface area contributed by atoms with Crippen molar-refractivity contribution in [2.75, 3.05) is 13.2 Å². The molecule has 4 heteroatoms. The molecule has 0 aliphatic carbocycles. The lowest BCUT2D eigenvalue weighted by atomic mass is 10.1. The third-order valence-corrected chi connectivity index (χ3v) is 3.40. The number of fused-ring (bicyclic) bond motifs is 1. The van der Waals surface area contributed by atoms with E-state index in [0.717, 1.165) is 18.7 Å². The van der Waals surface area contributed by atoms with Crippen LogP contribution in [0, 0.1) is 0 Å². The number of amides is 1.